The second-order valence-corrected chi connectivity index (χ2v) is 5.03. The van der Waals surface area contributed by atoms with Gasteiger partial charge in [0.1, 0.15) is 5.75 Å². The number of aromatic nitrogens is 1. The fourth-order valence-corrected chi connectivity index (χ4v) is 2.28. The zero-order chi connectivity index (χ0) is 15.1. The van der Waals surface area contributed by atoms with E-state index in [2.05, 4.69) is 16.8 Å². The second kappa shape index (κ2) is 7.76. The molecule has 1 heterocycles. The molecule has 0 aliphatic heterocycles. The van der Waals surface area contributed by atoms with Crippen molar-refractivity contribution in [1.82, 2.24) is 9.88 Å². The molecule has 4 nitrogen and oxygen atoms in total. The molecule has 2 rings (SSSR count). The van der Waals surface area contributed by atoms with Crippen molar-refractivity contribution in [3.8, 4) is 5.75 Å². The lowest BCUT2D eigenvalue weighted by Crippen LogP contribution is -2.32. The maximum atomic E-state index is 6.33. The van der Waals surface area contributed by atoms with Gasteiger partial charge in [0, 0.05) is 25.3 Å². The molecule has 2 aromatic rings. The fourth-order valence-electron chi connectivity index (χ4n) is 2.28. The standard InChI is InChI=1S/C17H23N3O/c1-3-20(12-15-8-4-5-10-19-15)13-17(18)14-7-6-9-16(11-14)21-2/h4-11,17H,3,12-13,18H2,1-2H3. The molecule has 2 N–H and O–H groups in total. The molecule has 0 spiro atoms. The van der Waals surface area contributed by atoms with Gasteiger partial charge in [-0.05, 0) is 36.4 Å². The Bertz CT molecular complexity index is 545. The first-order chi connectivity index (χ1) is 10.2. The van der Waals surface area contributed by atoms with Gasteiger partial charge in [0.15, 0.2) is 0 Å². The molecular weight excluding hydrogens is 262 g/mol. The van der Waals surface area contributed by atoms with Crippen LogP contribution < -0.4 is 10.5 Å². The Morgan fingerprint density at radius 3 is 2.76 bits per heavy atom. The van der Waals surface area contributed by atoms with Crippen LogP contribution in [0, 0.1) is 0 Å². The number of benzene rings is 1. The summed E-state index contributed by atoms with van der Waals surface area (Å²) >= 11 is 0. The van der Waals surface area contributed by atoms with Gasteiger partial charge in [-0.25, -0.2) is 0 Å². The van der Waals surface area contributed by atoms with Crippen molar-refractivity contribution in [1.29, 1.82) is 0 Å². The van der Waals surface area contributed by atoms with Crippen LogP contribution in [-0.4, -0.2) is 30.1 Å². The van der Waals surface area contributed by atoms with E-state index < -0.39 is 0 Å². The smallest absolute Gasteiger partial charge is 0.119 e. The summed E-state index contributed by atoms with van der Waals surface area (Å²) in [6, 6.07) is 13.9. The number of methoxy groups -OCH3 is 1. The maximum absolute atomic E-state index is 6.33. The van der Waals surface area contributed by atoms with Crippen LogP contribution >= 0.6 is 0 Å². The monoisotopic (exact) mass is 285 g/mol. The average molecular weight is 285 g/mol. The molecule has 0 aliphatic rings. The van der Waals surface area contributed by atoms with Crippen LogP contribution in [0.15, 0.2) is 48.7 Å². The Morgan fingerprint density at radius 1 is 1.24 bits per heavy atom. The summed E-state index contributed by atoms with van der Waals surface area (Å²) in [4.78, 5) is 6.67. The van der Waals surface area contributed by atoms with E-state index in [-0.39, 0.29) is 6.04 Å². The lowest BCUT2D eigenvalue weighted by molar-refractivity contribution is 0.259. The van der Waals surface area contributed by atoms with Crippen molar-refractivity contribution in [3.05, 3.63) is 59.9 Å². The molecular formula is C17H23N3O. The van der Waals surface area contributed by atoms with Gasteiger partial charge in [-0.1, -0.05) is 25.1 Å². The van der Waals surface area contributed by atoms with Gasteiger partial charge >= 0.3 is 0 Å². The molecule has 21 heavy (non-hydrogen) atoms. The Kier molecular flexibility index (Phi) is 5.72. The Balaban J connectivity index is 2.00. The number of nitrogens with zero attached hydrogens (tertiary/aromatic N) is 2. The molecule has 0 aliphatic carbocycles. The Hall–Kier alpha value is -1.91. The average Bonchev–Trinajstić information content (AvgIpc) is 2.55. The quantitative estimate of drug-likeness (QED) is 0.849. The number of hydrogen-bond donors (Lipinski definition) is 1. The van der Waals surface area contributed by atoms with Gasteiger partial charge in [-0.15, -0.1) is 0 Å². The number of rotatable bonds is 7. The molecule has 0 fully saturated rings. The van der Waals surface area contributed by atoms with Gasteiger partial charge in [0.2, 0.25) is 0 Å². The zero-order valence-corrected chi connectivity index (χ0v) is 12.7. The van der Waals surface area contributed by atoms with E-state index in [9.17, 15) is 0 Å². The summed E-state index contributed by atoms with van der Waals surface area (Å²) in [7, 11) is 1.67. The van der Waals surface area contributed by atoms with Crippen molar-refractivity contribution in [2.45, 2.75) is 19.5 Å². The molecule has 1 atom stereocenters. The Morgan fingerprint density at radius 2 is 2.10 bits per heavy atom. The highest BCUT2D eigenvalue weighted by Gasteiger charge is 2.12. The van der Waals surface area contributed by atoms with E-state index in [1.165, 1.54) is 0 Å². The molecule has 112 valence electrons. The third kappa shape index (κ3) is 4.55. The van der Waals surface area contributed by atoms with E-state index >= 15 is 0 Å². The van der Waals surface area contributed by atoms with Gasteiger partial charge in [0.05, 0.1) is 12.8 Å². The topological polar surface area (TPSA) is 51.4 Å². The molecule has 4 heteroatoms. The Labute approximate surface area is 126 Å². The first-order valence-corrected chi connectivity index (χ1v) is 7.24. The summed E-state index contributed by atoms with van der Waals surface area (Å²) in [5, 5.41) is 0. The lowest BCUT2D eigenvalue weighted by Gasteiger charge is -2.24. The molecule has 0 radical (unpaired) electrons. The number of ether oxygens (including phenoxy) is 1. The number of nitrogens with two attached hydrogens (primary N) is 1. The zero-order valence-electron chi connectivity index (χ0n) is 12.7. The van der Waals surface area contributed by atoms with Crippen LogP contribution in [-0.2, 0) is 6.54 Å². The molecule has 0 saturated heterocycles. The minimum Gasteiger partial charge on any atom is -0.497 e. The summed E-state index contributed by atoms with van der Waals surface area (Å²) in [6.07, 6.45) is 1.82. The first-order valence-electron chi connectivity index (χ1n) is 7.24. The van der Waals surface area contributed by atoms with Crippen LogP contribution in [0.25, 0.3) is 0 Å². The van der Waals surface area contributed by atoms with Gasteiger partial charge in [0.25, 0.3) is 0 Å². The molecule has 0 amide bonds. The number of pyridine rings is 1. The summed E-state index contributed by atoms with van der Waals surface area (Å²) in [6.45, 7) is 4.69. The van der Waals surface area contributed by atoms with Crippen molar-refractivity contribution in [2.75, 3.05) is 20.2 Å². The summed E-state index contributed by atoms with van der Waals surface area (Å²) < 4.78 is 5.25. The van der Waals surface area contributed by atoms with Gasteiger partial charge < -0.3 is 10.5 Å². The highest BCUT2D eigenvalue weighted by Crippen LogP contribution is 2.18. The molecule has 1 aromatic carbocycles. The molecule has 0 saturated carbocycles. The van der Waals surface area contributed by atoms with E-state index in [0.29, 0.717) is 0 Å². The third-order valence-corrected chi connectivity index (χ3v) is 3.54. The van der Waals surface area contributed by atoms with E-state index in [0.717, 1.165) is 36.6 Å². The number of hydrogen-bond acceptors (Lipinski definition) is 4. The molecule has 1 unspecified atom stereocenters. The summed E-state index contributed by atoms with van der Waals surface area (Å²) in [5.41, 5.74) is 8.49. The molecule has 1 aromatic heterocycles. The minimum absolute atomic E-state index is 0.0382. The summed E-state index contributed by atoms with van der Waals surface area (Å²) in [5.74, 6) is 0.843. The van der Waals surface area contributed by atoms with Crippen LogP contribution in [0.4, 0.5) is 0 Å². The lowest BCUT2D eigenvalue weighted by atomic mass is 10.1. The molecule has 0 bridgehead atoms. The maximum Gasteiger partial charge on any atom is 0.119 e. The van der Waals surface area contributed by atoms with Crippen molar-refractivity contribution in [3.63, 3.8) is 0 Å². The van der Waals surface area contributed by atoms with E-state index in [1.807, 2.05) is 48.7 Å². The second-order valence-electron chi connectivity index (χ2n) is 5.03. The van der Waals surface area contributed by atoms with E-state index in [4.69, 9.17) is 10.5 Å². The largest absolute Gasteiger partial charge is 0.497 e. The van der Waals surface area contributed by atoms with Crippen LogP contribution in [0.5, 0.6) is 5.75 Å². The third-order valence-electron chi connectivity index (χ3n) is 3.54. The predicted molar refractivity (Wildman–Crippen MR) is 85.1 cm³/mol. The first kappa shape index (κ1) is 15.5. The van der Waals surface area contributed by atoms with E-state index in [1.54, 1.807) is 7.11 Å². The highest BCUT2D eigenvalue weighted by atomic mass is 16.5. The van der Waals surface area contributed by atoms with Crippen molar-refractivity contribution < 1.29 is 4.74 Å². The predicted octanol–water partition coefficient (Wildman–Crippen LogP) is 2.61. The van der Waals surface area contributed by atoms with Crippen LogP contribution in [0.2, 0.25) is 0 Å². The van der Waals surface area contributed by atoms with Gasteiger partial charge in [-0.3, -0.25) is 9.88 Å². The van der Waals surface area contributed by atoms with Gasteiger partial charge in [-0.2, -0.15) is 0 Å². The van der Waals surface area contributed by atoms with Crippen LogP contribution in [0.3, 0.4) is 0 Å². The minimum atomic E-state index is -0.0382. The normalized spacial score (nSPS) is 12.4. The highest BCUT2D eigenvalue weighted by molar-refractivity contribution is 5.30. The van der Waals surface area contributed by atoms with Crippen molar-refractivity contribution in [2.24, 2.45) is 5.73 Å². The van der Waals surface area contributed by atoms with Crippen molar-refractivity contribution >= 4 is 0 Å². The number of likely N-dealkylation sites (N-methyl/N-ethyl adjacent to an activating group) is 1. The van der Waals surface area contributed by atoms with Crippen LogP contribution in [0.1, 0.15) is 24.2 Å². The fraction of sp³-hybridized carbons (Fsp3) is 0.353. The SMILES string of the molecule is CCN(Cc1ccccn1)CC(N)c1cccc(OC)c1.